The average Bonchev–Trinajstić information content (AvgIpc) is 3.01. The highest BCUT2D eigenvalue weighted by atomic mass is 16.4. The van der Waals surface area contributed by atoms with Crippen molar-refractivity contribution in [3.05, 3.63) is 35.7 Å². The highest BCUT2D eigenvalue weighted by Gasteiger charge is 2.28. The lowest BCUT2D eigenvalue weighted by Crippen LogP contribution is -2.52. The first-order valence-corrected chi connectivity index (χ1v) is 6.86. The predicted molar refractivity (Wildman–Crippen MR) is 79.2 cm³/mol. The molecule has 7 heteroatoms. The van der Waals surface area contributed by atoms with Gasteiger partial charge in [-0.25, -0.2) is 0 Å². The van der Waals surface area contributed by atoms with E-state index in [2.05, 4.69) is 15.5 Å². The standard InChI is InChI=1S/C15H17N5O2/c1-3-15(2,14(17)21)18-9-12-19-20-13(22-12)11-6-4-10(8-16)5-7-11/h4-7,18H,3,9H2,1-2H3,(H2,17,21). The Balaban J connectivity index is 2.08. The third-order valence-corrected chi connectivity index (χ3v) is 3.61. The molecule has 0 saturated carbocycles. The predicted octanol–water partition coefficient (Wildman–Crippen LogP) is 1.35. The van der Waals surface area contributed by atoms with Crippen LogP contribution in [-0.4, -0.2) is 21.6 Å². The van der Waals surface area contributed by atoms with Crippen molar-refractivity contribution in [1.82, 2.24) is 15.5 Å². The van der Waals surface area contributed by atoms with Crippen molar-refractivity contribution in [3.63, 3.8) is 0 Å². The van der Waals surface area contributed by atoms with Crippen LogP contribution in [0.2, 0.25) is 0 Å². The topological polar surface area (TPSA) is 118 Å². The number of nitrogens with two attached hydrogens (primary N) is 1. The maximum absolute atomic E-state index is 11.4. The van der Waals surface area contributed by atoms with Gasteiger partial charge in [0.1, 0.15) is 0 Å². The molecular weight excluding hydrogens is 282 g/mol. The van der Waals surface area contributed by atoms with Crippen LogP contribution in [0.5, 0.6) is 0 Å². The Kier molecular flexibility index (Phi) is 4.53. The number of nitrogens with one attached hydrogen (secondary N) is 1. The van der Waals surface area contributed by atoms with Crippen molar-refractivity contribution >= 4 is 5.91 Å². The van der Waals surface area contributed by atoms with Gasteiger partial charge in [0.05, 0.1) is 23.7 Å². The van der Waals surface area contributed by atoms with E-state index >= 15 is 0 Å². The normalized spacial score (nSPS) is 13.3. The van der Waals surface area contributed by atoms with Crippen molar-refractivity contribution < 1.29 is 9.21 Å². The highest BCUT2D eigenvalue weighted by molar-refractivity contribution is 5.84. The Hall–Kier alpha value is -2.72. The number of carbonyl (C=O) groups excluding carboxylic acids is 1. The van der Waals surface area contributed by atoms with Crippen LogP contribution in [0.25, 0.3) is 11.5 Å². The molecule has 1 aromatic carbocycles. The van der Waals surface area contributed by atoms with Crippen molar-refractivity contribution in [2.45, 2.75) is 32.4 Å². The lowest BCUT2D eigenvalue weighted by molar-refractivity contribution is -0.124. The number of hydrogen-bond donors (Lipinski definition) is 2. The van der Waals surface area contributed by atoms with Crippen LogP contribution in [0.3, 0.4) is 0 Å². The van der Waals surface area contributed by atoms with Crippen LogP contribution in [-0.2, 0) is 11.3 Å². The smallest absolute Gasteiger partial charge is 0.247 e. The number of carbonyl (C=O) groups is 1. The average molecular weight is 299 g/mol. The molecule has 7 nitrogen and oxygen atoms in total. The summed E-state index contributed by atoms with van der Waals surface area (Å²) in [6.07, 6.45) is 0.555. The Labute approximate surface area is 128 Å². The molecule has 22 heavy (non-hydrogen) atoms. The van der Waals surface area contributed by atoms with Gasteiger partial charge in [-0.1, -0.05) is 6.92 Å². The molecule has 0 bridgehead atoms. The van der Waals surface area contributed by atoms with Gasteiger partial charge in [-0.15, -0.1) is 10.2 Å². The van der Waals surface area contributed by atoms with Crippen molar-refractivity contribution in [2.75, 3.05) is 0 Å². The minimum Gasteiger partial charge on any atom is -0.419 e. The number of rotatable bonds is 6. The van der Waals surface area contributed by atoms with Gasteiger partial charge in [-0.05, 0) is 37.6 Å². The van der Waals surface area contributed by atoms with Crippen LogP contribution in [0, 0.1) is 11.3 Å². The van der Waals surface area contributed by atoms with E-state index in [1.807, 2.05) is 13.0 Å². The maximum atomic E-state index is 11.4. The van der Waals surface area contributed by atoms with Gasteiger partial charge < -0.3 is 10.2 Å². The molecule has 114 valence electrons. The fourth-order valence-electron chi connectivity index (χ4n) is 1.79. The van der Waals surface area contributed by atoms with E-state index in [1.54, 1.807) is 31.2 Å². The molecule has 0 aliphatic heterocycles. The summed E-state index contributed by atoms with van der Waals surface area (Å²) in [5.41, 5.74) is 5.85. The van der Waals surface area contributed by atoms with Crippen molar-refractivity contribution in [3.8, 4) is 17.5 Å². The Morgan fingerprint density at radius 1 is 1.41 bits per heavy atom. The van der Waals surface area contributed by atoms with Crippen molar-refractivity contribution in [1.29, 1.82) is 5.26 Å². The van der Waals surface area contributed by atoms with E-state index in [0.717, 1.165) is 5.56 Å². The molecule has 0 radical (unpaired) electrons. The van der Waals surface area contributed by atoms with E-state index in [1.165, 1.54) is 0 Å². The number of hydrogen-bond acceptors (Lipinski definition) is 6. The molecule has 0 aliphatic carbocycles. The maximum Gasteiger partial charge on any atom is 0.247 e. The van der Waals surface area contributed by atoms with E-state index < -0.39 is 11.4 Å². The van der Waals surface area contributed by atoms with Gasteiger partial charge in [0, 0.05) is 5.56 Å². The van der Waals surface area contributed by atoms with Gasteiger partial charge in [0.2, 0.25) is 17.7 Å². The lowest BCUT2D eigenvalue weighted by atomic mass is 9.98. The SMILES string of the molecule is CCC(C)(NCc1nnc(-c2ccc(C#N)cc2)o1)C(N)=O. The molecule has 0 aliphatic rings. The summed E-state index contributed by atoms with van der Waals surface area (Å²) in [4.78, 5) is 11.4. The van der Waals surface area contributed by atoms with E-state index in [0.29, 0.717) is 23.8 Å². The molecule has 0 saturated heterocycles. The molecule has 2 rings (SSSR count). The Bertz CT molecular complexity index is 701. The summed E-state index contributed by atoms with van der Waals surface area (Å²) < 4.78 is 5.54. The minimum absolute atomic E-state index is 0.247. The minimum atomic E-state index is -0.816. The summed E-state index contributed by atoms with van der Waals surface area (Å²) in [6.45, 7) is 3.84. The third-order valence-electron chi connectivity index (χ3n) is 3.61. The summed E-state index contributed by atoms with van der Waals surface area (Å²) in [7, 11) is 0. The van der Waals surface area contributed by atoms with Gasteiger partial charge in [-0.3, -0.25) is 10.1 Å². The fourth-order valence-corrected chi connectivity index (χ4v) is 1.79. The molecule has 1 unspecified atom stereocenters. The molecule has 2 aromatic rings. The van der Waals surface area contributed by atoms with Crippen LogP contribution in [0.1, 0.15) is 31.7 Å². The third kappa shape index (κ3) is 3.30. The first kappa shape index (κ1) is 15.7. The monoisotopic (exact) mass is 299 g/mol. The van der Waals surface area contributed by atoms with E-state index in [-0.39, 0.29) is 6.54 Å². The molecule has 1 aromatic heterocycles. The zero-order valence-electron chi connectivity index (χ0n) is 12.5. The lowest BCUT2D eigenvalue weighted by Gasteiger charge is -2.24. The molecule has 3 N–H and O–H groups in total. The molecule has 0 fully saturated rings. The second-order valence-corrected chi connectivity index (χ2v) is 5.09. The highest BCUT2D eigenvalue weighted by Crippen LogP contribution is 2.18. The number of nitrogens with zero attached hydrogens (tertiary/aromatic N) is 3. The first-order valence-electron chi connectivity index (χ1n) is 6.86. The molecular formula is C15H17N5O2. The fraction of sp³-hybridized carbons (Fsp3) is 0.333. The van der Waals surface area contributed by atoms with Gasteiger partial charge >= 0.3 is 0 Å². The van der Waals surface area contributed by atoms with Crippen LogP contribution < -0.4 is 11.1 Å². The van der Waals surface area contributed by atoms with Crippen LogP contribution in [0.4, 0.5) is 0 Å². The molecule has 1 atom stereocenters. The number of benzene rings is 1. The summed E-state index contributed by atoms with van der Waals surface area (Å²) >= 11 is 0. The second-order valence-electron chi connectivity index (χ2n) is 5.09. The number of nitriles is 1. The zero-order valence-corrected chi connectivity index (χ0v) is 12.5. The van der Waals surface area contributed by atoms with Crippen LogP contribution >= 0.6 is 0 Å². The number of amides is 1. The first-order chi connectivity index (χ1) is 10.5. The Morgan fingerprint density at radius 3 is 2.64 bits per heavy atom. The Morgan fingerprint density at radius 2 is 2.09 bits per heavy atom. The molecule has 0 spiro atoms. The number of primary amides is 1. The van der Waals surface area contributed by atoms with E-state index in [4.69, 9.17) is 15.4 Å². The van der Waals surface area contributed by atoms with Gasteiger partial charge in [0.25, 0.3) is 0 Å². The summed E-state index contributed by atoms with van der Waals surface area (Å²) in [6, 6.07) is 8.88. The van der Waals surface area contributed by atoms with Gasteiger partial charge in [0.15, 0.2) is 0 Å². The quantitative estimate of drug-likeness (QED) is 0.831. The molecule has 1 amide bonds. The van der Waals surface area contributed by atoms with E-state index in [9.17, 15) is 4.79 Å². The van der Waals surface area contributed by atoms with Crippen molar-refractivity contribution in [2.24, 2.45) is 5.73 Å². The summed E-state index contributed by atoms with van der Waals surface area (Å²) in [5.74, 6) is 0.292. The van der Waals surface area contributed by atoms with Crippen LogP contribution in [0.15, 0.2) is 28.7 Å². The zero-order chi connectivity index (χ0) is 16.2. The van der Waals surface area contributed by atoms with Gasteiger partial charge in [-0.2, -0.15) is 5.26 Å². The number of aromatic nitrogens is 2. The summed E-state index contributed by atoms with van der Waals surface area (Å²) in [5, 5.41) is 19.7. The largest absolute Gasteiger partial charge is 0.419 e. The second kappa shape index (κ2) is 6.37. The molecule has 1 heterocycles.